The summed E-state index contributed by atoms with van der Waals surface area (Å²) in [6.45, 7) is 5.11. The number of nitrogens with one attached hydrogen (secondary N) is 1. The van der Waals surface area contributed by atoms with Crippen LogP contribution in [0.3, 0.4) is 0 Å². The van der Waals surface area contributed by atoms with Gasteiger partial charge < -0.3 is 11.1 Å². The van der Waals surface area contributed by atoms with Gasteiger partial charge in [0.2, 0.25) is 0 Å². The number of urea groups is 1. The van der Waals surface area contributed by atoms with E-state index in [9.17, 15) is 9.59 Å². The Hall–Kier alpha value is -1.10. The Morgan fingerprint density at radius 2 is 2.21 bits per heavy atom. The summed E-state index contributed by atoms with van der Waals surface area (Å²) in [5.74, 6) is 0.373. The van der Waals surface area contributed by atoms with Crippen LogP contribution >= 0.6 is 0 Å². The molecule has 0 radical (unpaired) electrons. The van der Waals surface area contributed by atoms with Crippen molar-refractivity contribution in [1.29, 1.82) is 0 Å². The lowest BCUT2D eigenvalue weighted by atomic mass is 9.72. The molecule has 2 fully saturated rings. The van der Waals surface area contributed by atoms with Gasteiger partial charge in [-0.05, 0) is 25.3 Å². The predicted octanol–water partition coefficient (Wildman–Crippen LogP) is 1.47. The van der Waals surface area contributed by atoms with E-state index in [-0.39, 0.29) is 17.9 Å². The van der Waals surface area contributed by atoms with Crippen LogP contribution in [0.1, 0.15) is 46.0 Å². The summed E-state index contributed by atoms with van der Waals surface area (Å²) in [7, 11) is 0. The molecule has 1 saturated carbocycles. The van der Waals surface area contributed by atoms with E-state index in [4.69, 9.17) is 5.73 Å². The number of hydrogen-bond donors (Lipinski definition) is 2. The molecule has 3 amide bonds. The van der Waals surface area contributed by atoms with E-state index in [0.29, 0.717) is 19.0 Å². The van der Waals surface area contributed by atoms with E-state index in [1.54, 1.807) is 0 Å². The summed E-state index contributed by atoms with van der Waals surface area (Å²) < 4.78 is 0. The molecule has 1 saturated heterocycles. The lowest BCUT2D eigenvalue weighted by molar-refractivity contribution is -0.134. The summed E-state index contributed by atoms with van der Waals surface area (Å²) >= 11 is 0. The van der Waals surface area contributed by atoms with Crippen LogP contribution in [0.15, 0.2) is 0 Å². The largest absolute Gasteiger partial charge is 0.330 e. The van der Waals surface area contributed by atoms with Gasteiger partial charge in [-0.15, -0.1) is 0 Å². The van der Waals surface area contributed by atoms with Crippen molar-refractivity contribution in [2.24, 2.45) is 17.6 Å². The quantitative estimate of drug-likeness (QED) is 0.757. The highest BCUT2D eigenvalue weighted by atomic mass is 16.2. The summed E-state index contributed by atoms with van der Waals surface area (Å²) in [5.41, 5.74) is 5.11. The molecule has 2 rings (SSSR count). The van der Waals surface area contributed by atoms with Crippen molar-refractivity contribution in [3.05, 3.63) is 0 Å². The van der Waals surface area contributed by atoms with E-state index in [1.165, 1.54) is 4.90 Å². The van der Waals surface area contributed by atoms with Gasteiger partial charge in [0.15, 0.2) is 0 Å². The van der Waals surface area contributed by atoms with Crippen molar-refractivity contribution in [1.82, 2.24) is 10.2 Å². The van der Waals surface area contributed by atoms with Gasteiger partial charge in [-0.1, -0.05) is 33.1 Å². The van der Waals surface area contributed by atoms with Crippen LogP contribution in [0.5, 0.6) is 0 Å². The van der Waals surface area contributed by atoms with Gasteiger partial charge in [-0.2, -0.15) is 0 Å². The molecule has 0 aromatic heterocycles. The second kappa shape index (κ2) is 5.49. The Morgan fingerprint density at radius 3 is 2.84 bits per heavy atom. The standard InChI is InChI=1S/C14H25N3O2/c1-3-10(2)9-17-12(18)14(16-13(17)19)7-5-4-6-11(14)8-15/h10-11H,3-9,15H2,1-2H3,(H,16,19). The highest BCUT2D eigenvalue weighted by molar-refractivity contribution is 6.07. The van der Waals surface area contributed by atoms with Crippen LogP contribution in [-0.4, -0.2) is 35.5 Å². The molecule has 1 spiro atoms. The third kappa shape index (κ3) is 2.36. The van der Waals surface area contributed by atoms with E-state index in [0.717, 1.165) is 32.1 Å². The summed E-state index contributed by atoms with van der Waals surface area (Å²) in [5, 5.41) is 2.96. The predicted molar refractivity (Wildman–Crippen MR) is 73.4 cm³/mol. The molecule has 108 valence electrons. The van der Waals surface area contributed by atoms with Crippen LogP contribution in [-0.2, 0) is 4.79 Å². The molecule has 5 heteroatoms. The van der Waals surface area contributed by atoms with E-state index < -0.39 is 5.54 Å². The normalized spacial score (nSPS) is 32.8. The molecule has 5 nitrogen and oxygen atoms in total. The maximum Gasteiger partial charge on any atom is 0.325 e. The average Bonchev–Trinajstić information content (AvgIpc) is 2.64. The Balaban J connectivity index is 2.20. The number of rotatable bonds is 4. The SMILES string of the molecule is CCC(C)CN1C(=O)NC2(CCCCC2CN)C1=O. The number of hydrogen-bond acceptors (Lipinski definition) is 3. The number of imide groups is 1. The molecule has 1 aliphatic carbocycles. The topological polar surface area (TPSA) is 75.4 Å². The highest BCUT2D eigenvalue weighted by Gasteiger charge is 2.55. The van der Waals surface area contributed by atoms with Crippen LogP contribution in [0.25, 0.3) is 0 Å². The minimum absolute atomic E-state index is 0.0482. The lowest BCUT2D eigenvalue weighted by Gasteiger charge is -2.38. The van der Waals surface area contributed by atoms with Crippen LogP contribution in [0, 0.1) is 11.8 Å². The maximum atomic E-state index is 12.7. The number of amides is 3. The second-order valence-corrected chi connectivity index (χ2v) is 6.01. The first-order chi connectivity index (χ1) is 9.05. The Bertz CT molecular complexity index is 372. The first-order valence-corrected chi connectivity index (χ1v) is 7.39. The first kappa shape index (κ1) is 14.3. The second-order valence-electron chi connectivity index (χ2n) is 6.01. The lowest BCUT2D eigenvalue weighted by Crippen LogP contribution is -2.57. The van der Waals surface area contributed by atoms with Gasteiger partial charge in [-0.25, -0.2) is 4.79 Å². The summed E-state index contributed by atoms with van der Waals surface area (Å²) in [4.78, 5) is 26.2. The molecule has 0 bridgehead atoms. The fourth-order valence-electron chi connectivity index (χ4n) is 3.26. The average molecular weight is 267 g/mol. The third-order valence-corrected chi connectivity index (χ3v) is 4.75. The minimum atomic E-state index is -0.711. The summed E-state index contributed by atoms with van der Waals surface area (Å²) in [6, 6.07) is -0.231. The van der Waals surface area contributed by atoms with Crippen LogP contribution in [0.2, 0.25) is 0 Å². The molecule has 19 heavy (non-hydrogen) atoms. The number of nitrogens with zero attached hydrogens (tertiary/aromatic N) is 1. The fraction of sp³-hybridized carbons (Fsp3) is 0.857. The molecule has 3 unspecified atom stereocenters. The Morgan fingerprint density at radius 1 is 1.47 bits per heavy atom. The molecule has 0 aromatic rings. The molecular weight excluding hydrogens is 242 g/mol. The highest BCUT2D eigenvalue weighted by Crippen LogP contribution is 2.38. The van der Waals surface area contributed by atoms with Crippen molar-refractivity contribution in [2.45, 2.75) is 51.5 Å². The van der Waals surface area contributed by atoms with E-state index >= 15 is 0 Å². The zero-order chi connectivity index (χ0) is 14.0. The van der Waals surface area contributed by atoms with Crippen LogP contribution < -0.4 is 11.1 Å². The van der Waals surface area contributed by atoms with E-state index in [1.807, 2.05) is 0 Å². The molecule has 3 N–H and O–H groups in total. The van der Waals surface area contributed by atoms with Crippen LogP contribution in [0.4, 0.5) is 4.79 Å². The zero-order valence-corrected chi connectivity index (χ0v) is 11.9. The monoisotopic (exact) mass is 267 g/mol. The third-order valence-electron chi connectivity index (χ3n) is 4.75. The molecule has 1 aliphatic heterocycles. The zero-order valence-electron chi connectivity index (χ0n) is 11.9. The van der Waals surface area contributed by atoms with Crippen molar-refractivity contribution in [3.63, 3.8) is 0 Å². The van der Waals surface area contributed by atoms with Gasteiger partial charge in [0.1, 0.15) is 5.54 Å². The maximum absolute atomic E-state index is 12.7. The number of carbonyl (C=O) groups excluding carboxylic acids is 2. The van der Waals surface area contributed by atoms with Gasteiger partial charge in [0, 0.05) is 12.5 Å². The van der Waals surface area contributed by atoms with Crippen molar-refractivity contribution in [3.8, 4) is 0 Å². The number of nitrogens with two attached hydrogens (primary N) is 1. The van der Waals surface area contributed by atoms with Gasteiger partial charge in [-0.3, -0.25) is 9.69 Å². The van der Waals surface area contributed by atoms with Gasteiger partial charge >= 0.3 is 6.03 Å². The minimum Gasteiger partial charge on any atom is -0.330 e. The molecule has 1 heterocycles. The van der Waals surface area contributed by atoms with Crippen molar-refractivity contribution < 1.29 is 9.59 Å². The molecule has 3 atom stereocenters. The smallest absolute Gasteiger partial charge is 0.325 e. The summed E-state index contributed by atoms with van der Waals surface area (Å²) in [6.07, 6.45) is 4.71. The number of carbonyl (C=O) groups is 2. The Labute approximate surface area is 114 Å². The van der Waals surface area contributed by atoms with Gasteiger partial charge in [0.05, 0.1) is 0 Å². The molecule has 0 aromatic carbocycles. The van der Waals surface area contributed by atoms with Gasteiger partial charge in [0.25, 0.3) is 5.91 Å². The molecule has 2 aliphatic rings. The van der Waals surface area contributed by atoms with E-state index in [2.05, 4.69) is 19.2 Å². The Kier molecular flexibility index (Phi) is 4.13. The van der Waals surface area contributed by atoms with Crippen molar-refractivity contribution in [2.75, 3.05) is 13.1 Å². The fourth-order valence-corrected chi connectivity index (χ4v) is 3.26. The van der Waals surface area contributed by atoms with Crippen molar-refractivity contribution >= 4 is 11.9 Å². The molecular formula is C14H25N3O2. The first-order valence-electron chi connectivity index (χ1n) is 7.39.